The molecule has 1 aromatic heterocycles. The van der Waals surface area contributed by atoms with Crippen LogP contribution in [0.15, 0.2) is 42.6 Å². The van der Waals surface area contributed by atoms with Crippen molar-refractivity contribution in [3.05, 3.63) is 53.7 Å². The fourth-order valence-electron chi connectivity index (χ4n) is 4.67. The van der Waals surface area contributed by atoms with Crippen LogP contribution in [0.4, 0.5) is 0 Å². The lowest BCUT2D eigenvalue weighted by Crippen LogP contribution is -2.51. The first-order valence-corrected chi connectivity index (χ1v) is 11.4. The molecule has 2 aliphatic rings. The summed E-state index contributed by atoms with van der Waals surface area (Å²) < 4.78 is 0. The summed E-state index contributed by atoms with van der Waals surface area (Å²) in [5, 5.41) is 0. The summed E-state index contributed by atoms with van der Waals surface area (Å²) in [4.78, 5) is 37.1. The number of nitrogens with zero attached hydrogens (tertiary/aromatic N) is 4. The molecule has 2 fully saturated rings. The SMILES string of the molecule is CCN1CCN(C(=O)C2CCN(C(=O)c3cccnc3-c3ccccc3C)CC2)CC1. The van der Waals surface area contributed by atoms with E-state index < -0.39 is 0 Å². The molecule has 0 bridgehead atoms. The Hall–Kier alpha value is -2.73. The van der Waals surface area contributed by atoms with Crippen molar-refractivity contribution in [2.75, 3.05) is 45.8 Å². The van der Waals surface area contributed by atoms with Crippen LogP contribution in [0.2, 0.25) is 0 Å². The van der Waals surface area contributed by atoms with Gasteiger partial charge in [-0.25, -0.2) is 0 Å². The second kappa shape index (κ2) is 9.60. The zero-order valence-corrected chi connectivity index (χ0v) is 18.6. The quantitative estimate of drug-likeness (QED) is 0.763. The number of amides is 2. The Bertz CT molecular complexity index is 929. The fraction of sp³-hybridized carbons (Fsp3) is 0.480. The van der Waals surface area contributed by atoms with E-state index in [1.807, 2.05) is 53.1 Å². The molecule has 3 heterocycles. The maximum absolute atomic E-state index is 13.3. The molecule has 1 aromatic carbocycles. The first kappa shape index (κ1) is 21.5. The predicted molar refractivity (Wildman–Crippen MR) is 122 cm³/mol. The third-order valence-corrected chi connectivity index (χ3v) is 6.70. The van der Waals surface area contributed by atoms with E-state index >= 15 is 0 Å². The first-order chi connectivity index (χ1) is 15.1. The van der Waals surface area contributed by atoms with Crippen LogP contribution >= 0.6 is 0 Å². The minimum absolute atomic E-state index is 0.00816. The number of aromatic nitrogens is 1. The van der Waals surface area contributed by atoms with Crippen molar-refractivity contribution in [3.63, 3.8) is 0 Å². The number of rotatable bonds is 4. The Morgan fingerprint density at radius 3 is 2.32 bits per heavy atom. The average Bonchev–Trinajstić information content (AvgIpc) is 2.83. The average molecular weight is 421 g/mol. The Balaban J connectivity index is 1.41. The topological polar surface area (TPSA) is 56.8 Å². The molecule has 0 saturated carbocycles. The van der Waals surface area contributed by atoms with Crippen LogP contribution in [0, 0.1) is 12.8 Å². The van der Waals surface area contributed by atoms with Gasteiger partial charge in [-0.05, 0) is 44.0 Å². The van der Waals surface area contributed by atoms with Gasteiger partial charge in [0.15, 0.2) is 0 Å². The first-order valence-electron chi connectivity index (χ1n) is 11.4. The van der Waals surface area contributed by atoms with Crippen molar-refractivity contribution >= 4 is 11.8 Å². The van der Waals surface area contributed by atoms with Crippen LogP contribution in [0.3, 0.4) is 0 Å². The molecule has 2 aliphatic heterocycles. The van der Waals surface area contributed by atoms with Gasteiger partial charge in [-0.1, -0.05) is 31.2 Å². The number of hydrogen-bond acceptors (Lipinski definition) is 4. The number of likely N-dealkylation sites (tertiary alicyclic amines) is 1. The van der Waals surface area contributed by atoms with E-state index in [0.29, 0.717) is 18.7 Å². The molecule has 2 saturated heterocycles. The molecule has 0 aliphatic carbocycles. The zero-order valence-electron chi connectivity index (χ0n) is 18.6. The lowest BCUT2D eigenvalue weighted by atomic mass is 9.94. The van der Waals surface area contributed by atoms with E-state index in [1.165, 1.54) is 0 Å². The third-order valence-electron chi connectivity index (χ3n) is 6.70. The highest BCUT2D eigenvalue weighted by Gasteiger charge is 2.32. The zero-order chi connectivity index (χ0) is 21.8. The summed E-state index contributed by atoms with van der Waals surface area (Å²) in [7, 11) is 0. The maximum Gasteiger partial charge on any atom is 0.256 e. The number of likely N-dealkylation sites (N-methyl/N-ethyl adjacent to an activating group) is 1. The fourth-order valence-corrected chi connectivity index (χ4v) is 4.67. The molecule has 0 unspecified atom stereocenters. The molecule has 6 nitrogen and oxygen atoms in total. The molecule has 0 N–H and O–H groups in total. The summed E-state index contributed by atoms with van der Waals surface area (Å²) >= 11 is 0. The van der Waals surface area contributed by atoms with Crippen LogP contribution in [0.25, 0.3) is 11.3 Å². The highest BCUT2D eigenvalue weighted by atomic mass is 16.2. The summed E-state index contributed by atoms with van der Waals surface area (Å²) in [6.45, 7) is 10.0. The predicted octanol–water partition coefficient (Wildman–Crippen LogP) is 3.07. The summed E-state index contributed by atoms with van der Waals surface area (Å²) in [6, 6.07) is 11.7. The largest absolute Gasteiger partial charge is 0.340 e. The lowest BCUT2D eigenvalue weighted by Gasteiger charge is -2.38. The van der Waals surface area contributed by atoms with E-state index in [4.69, 9.17) is 0 Å². The van der Waals surface area contributed by atoms with Gasteiger partial charge >= 0.3 is 0 Å². The number of piperidine rings is 1. The molecule has 6 heteroatoms. The van der Waals surface area contributed by atoms with Gasteiger partial charge in [0, 0.05) is 56.9 Å². The van der Waals surface area contributed by atoms with Gasteiger partial charge in [-0.3, -0.25) is 14.6 Å². The van der Waals surface area contributed by atoms with Crippen LogP contribution in [-0.2, 0) is 4.79 Å². The molecule has 2 amide bonds. The van der Waals surface area contributed by atoms with Crippen molar-refractivity contribution in [3.8, 4) is 11.3 Å². The van der Waals surface area contributed by atoms with Gasteiger partial charge in [-0.2, -0.15) is 0 Å². The molecular weight excluding hydrogens is 388 g/mol. The molecule has 0 radical (unpaired) electrons. The van der Waals surface area contributed by atoms with Gasteiger partial charge in [0.25, 0.3) is 5.91 Å². The number of piperazine rings is 1. The number of carbonyl (C=O) groups is 2. The van der Waals surface area contributed by atoms with E-state index in [0.717, 1.165) is 62.4 Å². The number of hydrogen-bond donors (Lipinski definition) is 0. The van der Waals surface area contributed by atoms with E-state index in [9.17, 15) is 9.59 Å². The molecule has 31 heavy (non-hydrogen) atoms. The Kier molecular flexibility index (Phi) is 6.66. The minimum atomic E-state index is 0.00816. The van der Waals surface area contributed by atoms with Gasteiger partial charge in [0.1, 0.15) is 0 Å². The van der Waals surface area contributed by atoms with Gasteiger partial charge in [-0.15, -0.1) is 0 Å². The van der Waals surface area contributed by atoms with Crippen molar-refractivity contribution in [2.24, 2.45) is 5.92 Å². The van der Waals surface area contributed by atoms with Crippen LogP contribution in [0.1, 0.15) is 35.7 Å². The van der Waals surface area contributed by atoms with Crippen molar-refractivity contribution < 1.29 is 9.59 Å². The lowest BCUT2D eigenvalue weighted by molar-refractivity contribution is -0.138. The number of benzene rings is 1. The van der Waals surface area contributed by atoms with Crippen molar-refractivity contribution in [1.82, 2.24) is 19.7 Å². The van der Waals surface area contributed by atoms with Gasteiger partial charge in [0.2, 0.25) is 5.91 Å². The normalized spacial score (nSPS) is 18.3. The minimum Gasteiger partial charge on any atom is -0.340 e. The molecule has 4 rings (SSSR count). The smallest absolute Gasteiger partial charge is 0.256 e. The number of carbonyl (C=O) groups excluding carboxylic acids is 2. The second-order valence-corrected chi connectivity index (χ2v) is 8.54. The molecule has 2 aromatic rings. The standard InChI is InChI=1S/C25H32N4O2/c1-3-27-15-17-29(18-16-27)24(30)20-10-13-28(14-11-20)25(31)22-9-6-12-26-23(22)21-8-5-4-7-19(21)2/h4-9,12,20H,3,10-11,13-18H2,1-2H3. The molecule has 0 spiro atoms. The summed E-state index contributed by atoms with van der Waals surface area (Å²) in [5.41, 5.74) is 3.46. The molecular formula is C25H32N4O2. The highest BCUT2D eigenvalue weighted by molar-refractivity contribution is 6.00. The van der Waals surface area contributed by atoms with E-state index in [-0.39, 0.29) is 17.7 Å². The molecule has 164 valence electrons. The van der Waals surface area contributed by atoms with E-state index in [2.05, 4.69) is 16.8 Å². The van der Waals surface area contributed by atoms with Gasteiger partial charge in [0.05, 0.1) is 11.3 Å². The number of aryl methyl sites for hydroxylation is 1. The Morgan fingerprint density at radius 2 is 1.65 bits per heavy atom. The summed E-state index contributed by atoms with van der Waals surface area (Å²) in [6.07, 6.45) is 3.21. The van der Waals surface area contributed by atoms with Crippen LogP contribution in [-0.4, -0.2) is 77.3 Å². The summed E-state index contributed by atoms with van der Waals surface area (Å²) in [5.74, 6) is 0.306. The Labute approximate surface area is 184 Å². The van der Waals surface area contributed by atoms with Gasteiger partial charge < -0.3 is 14.7 Å². The van der Waals surface area contributed by atoms with Crippen LogP contribution in [0.5, 0.6) is 0 Å². The monoisotopic (exact) mass is 420 g/mol. The van der Waals surface area contributed by atoms with Crippen molar-refractivity contribution in [2.45, 2.75) is 26.7 Å². The number of pyridine rings is 1. The van der Waals surface area contributed by atoms with E-state index in [1.54, 1.807) is 6.20 Å². The third kappa shape index (κ3) is 4.64. The van der Waals surface area contributed by atoms with Crippen LogP contribution < -0.4 is 0 Å². The highest BCUT2D eigenvalue weighted by Crippen LogP contribution is 2.27. The second-order valence-electron chi connectivity index (χ2n) is 8.54. The Morgan fingerprint density at radius 1 is 0.935 bits per heavy atom. The van der Waals surface area contributed by atoms with Crippen molar-refractivity contribution in [1.29, 1.82) is 0 Å². The molecule has 0 atom stereocenters. The maximum atomic E-state index is 13.3.